The van der Waals surface area contributed by atoms with Gasteiger partial charge in [-0.25, -0.2) is 0 Å². The van der Waals surface area contributed by atoms with E-state index in [-0.39, 0.29) is 18.4 Å². The predicted octanol–water partition coefficient (Wildman–Crippen LogP) is 0.0103. The molecule has 8 nitrogen and oxygen atoms in total. The van der Waals surface area contributed by atoms with E-state index in [9.17, 15) is 13.2 Å². The van der Waals surface area contributed by atoms with E-state index >= 15 is 0 Å². The predicted molar refractivity (Wildman–Crippen MR) is 79.2 cm³/mol. The van der Waals surface area contributed by atoms with Crippen molar-refractivity contribution >= 4 is 16.1 Å². The second kappa shape index (κ2) is 6.78. The van der Waals surface area contributed by atoms with Gasteiger partial charge in [0.05, 0.1) is 18.9 Å². The topological polar surface area (TPSA) is 101 Å². The average molecular weight is 331 g/mol. The lowest BCUT2D eigenvalue weighted by Gasteiger charge is -2.35. The molecule has 1 aromatic heterocycles. The Hall–Kier alpha value is -1.42. The van der Waals surface area contributed by atoms with Gasteiger partial charge in [0.2, 0.25) is 5.91 Å². The molecule has 0 aliphatic carbocycles. The zero-order chi connectivity index (χ0) is 16.3. The van der Waals surface area contributed by atoms with Crippen molar-refractivity contribution in [3.63, 3.8) is 0 Å². The summed E-state index contributed by atoms with van der Waals surface area (Å²) in [5.41, 5.74) is 0. The summed E-state index contributed by atoms with van der Waals surface area (Å²) in [5.74, 6) is 0.132. The maximum Gasteiger partial charge on any atom is 0.280 e. The van der Waals surface area contributed by atoms with Crippen LogP contribution < -0.4 is 10.0 Å². The zero-order valence-corrected chi connectivity index (χ0v) is 13.6. The molecule has 1 fully saturated rings. The van der Waals surface area contributed by atoms with Gasteiger partial charge in [0.15, 0.2) is 0 Å². The smallest absolute Gasteiger partial charge is 0.280 e. The van der Waals surface area contributed by atoms with Crippen molar-refractivity contribution in [1.82, 2.24) is 14.3 Å². The molecule has 1 saturated heterocycles. The Balaban J connectivity index is 2.16. The van der Waals surface area contributed by atoms with Gasteiger partial charge in [0.1, 0.15) is 11.8 Å². The first-order valence-corrected chi connectivity index (χ1v) is 8.37. The molecule has 1 amide bonds. The minimum Gasteiger partial charge on any atom is -0.468 e. The number of hydrogen-bond donors (Lipinski definition) is 2. The summed E-state index contributed by atoms with van der Waals surface area (Å²) in [6, 6.07) is 1.79. The average Bonchev–Trinajstić information content (AvgIpc) is 2.95. The number of furan rings is 1. The third kappa shape index (κ3) is 3.67. The van der Waals surface area contributed by atoms with Gasteiger partial charge < -0.3 is 14.5 Å². The lowest BCUT2D eigenvalue weighted by Crippen LogP contribution is -2.58. The summed E-state index contributed by atoms with van der Waals surface area (Å²) < 4.78 is 38.1. The number of ether oxygens (including phenoxy) is 1. The van der Waals surface area contributed by atoms with Crippen LogP contribution in [0.3, 0.4) is 0 Å². The van der Waals surface area contributed by atoms with Crippen LogP contribution in [-0.2, 0) is 19.7 Å². The van der Waals surface area contributed by atoms with Crippen LogP contribution in [0.25, 0.3) is 0 Å². The summed E-state index contributed by atoms with van der Waals surface area (Å²) in [6.07, 6.45) is 1.76. The van der Waals surface area contributed by atoms with Gasteiger partial charge in [-0.15, -0.1) is 0 Å². The quantitative estimate of drug-likeness (QED) is 0.791. The molecule has 2 N–H and O–H groups in total. The number of hydrogen-bond acceptors (Lipinski definition) is 5. The van der Waals surface area contributed by atoms with Gasteiger partial charge in [-0.05, 0) is 25.5 Å². The molecule has 0 saturated carbocycles. The highest BCUT2D eigenvalue weighted by atomic mass is 32.2. The number of amides is 1. The number of nitrogens with zero attached hydrogens (tertiary/aromatic N) is 1. The van der Waals surface area contributed by atoms with Gasteiger partial charge in [-0.1, -0.05) is 0 Å². The Kier molecular flexibility index (Phi) is 5.22. The summed E-state index contributed by atoms with van der Waals surface area (Å²) >= 11 is 0. The van der Waals surface area contributed by atoms with E-state index in [1.54, 1.807) is 19.1 Å². The van der Waals surface area contributed by atoms with Crippen molar-refractivity contribution in [2.75, 3.05) is 20.8 Å². The van der Waals surface area contributed by atoms with Crippen molar-refractivity contribution < 1.29 is 22.4 Å². The molecular weight excluding hydrogens is 310 g/mol. The fourth-order valence-corrected chi connectivity index (χ4v) is 3.67. The Bertz CT molecular complexity index is 601. The molecule has 124 valence electrons. The van der Waals surface area contributed by atoms with E-state index in [2.05, 4.69) is 10.0 Å². The Labute approximate surface area is 130 Å². The van der Waals surface area contributed by atoms with Crippen LogP contribution in [0.15, 0.2) is 22.8 Å². The normalized spacial score (nSPS) is 26.5. The SMILES string of the molecule is COC[C@H](C)NC(=O)[C@H]1C[C@@H](c2ccco2)NS(=O)(=O)N1C. The van der Waals surface area contributed by atoms with Crippen molar-refractivity contribution in [2.24, 2.45) is 0 Å². The first kappa shape index (κ1) is 16.9. The summed E-state index contributed by atoms with van der Waals surface area (Å²) in [4.78, 5) is 12.4. The second-order valence-corrected chi connectivity index (χ2v) is 7.09. The van der Waals surface area contributed by atoms with E-state index in [4.69, 9.17) is 9.15 Å². The van der Waals surface area contributed by atoms with Crippen LogP contribution in [0.1, 0.15) is 25.1 Å². The molecule has 1 aliphatic rings. The Morgan fingerprint density at radius 2 is 2.36 bits per heavy atom. The number of nitrogens with one attached hydrogen (secondary N) is 2. The molecule has 1 aliphatic heterocycles. The Morgan fingerprint density at radius 1 is 1.64 bits per heavy atom. The number of rotatable bonds is 5. The highest BCUT2D eigenvalue weighted by Crippen LogP contribution is 2.28. The molecule has 0 spiro atoms. The van der Waals surface area contributed by atoms with Crippen LogP contribution in [0.5, 0.6) is 0 Å². The molecule has 22 heavy (non-hydrogen) atoms. The number of carbonyl (C=O) groups excluding carboxylic acids is 1. The maximum atomic E-state index is 12.4. The van der Waals surface area contributed by atoms with E-state index < -0.39 is 22.3 Å². The lowest BCUT2D eigenvalue weighted by molar-refractivity contribution is -0.126. The van der Waals surface area contributed by atoms with Crippen molar-refractivity contribution in [3.05, 3.63) is 24.2 Å². The first-order chi connectivity index (χ1) is 10.3. The number of carbonyl (C=O) groups is 1. The van der Waals surface area contributed by atoms with Crippen molar-refractivity contribution in [1.29, 1.82) is 0 Å². The summed E-state index contributed by atoms with van der Waals surface area (Å²) in [7, 11) is -0.828. The first-order valence-electron chi connectivity index (χ1n) is 6.93. The highest BCUT2D eigenvalue weighted by molar-refractivity contribution is 7.87. The third-order valence-electron chi connectivity index (χ3n) is 3.56. The minimum absolute atomic E-state index is 0.203. The van der Waals surface area contributed by atoms with E-state index in [0.717, 1.165) is 4.31 Å². The highest BCUT2D eigenvalue weighted by Gasteiger charge is 2.41. The van der Waals surface area contributed by atoms with Gasteiger partial charge in [-0.2, -0.15) is 17.4 Å². The molecule has 0 unspecified atom stereocenters. The standard InChI is InChI=1S/C13H21N3O5S/c1-9(8-20-3)14-13(17)11-7-10(12-5-4-6-21-12)15-22(18,19)16(11)2/h4-6,9-11,15H,7-8H2,1-3H3,(H,14,17)/t9-,10-,11+/m0/s1. The molecule has 1 aromatic rings. The summed E-state index contributed by atoms with van der Waals surface area (Å²) in [6.45, 7) is 2.15. The summed E-state index contributed by atoms with van der Waals surface area (Å²) in [5, 5.41) is 2.76. The third-order valence-corrected chi connectivity index (χ3v) is 5.16. The molecule has 2 rings (SSSR count). The van der Waals surface area contributed by atoms with E-state index in [1.807, 2.05) is 0 Å². The zero-order valence-electron chi connectivity index (χ0n) is 12.8. The molecule has 9 heteroatoms. The maximum absolute atomic E-state index is 12.4. The molecule has 2 heterocycles. The fraction of sp³-hybridized carbons (Fsp3) is 0.615. The van der Waals surface area contributed by atoms with Crippen LogP contribution in [0.4, 0.5) is 0 Å². The largest absolute Gasteiger partial charge is 0.468 e. The minimum atomic E-state index is -3.75. The van der Waals surface area contributed by atoms with Crippen LogP contribution in [-0.4, -0.2) is 51.5 Å². The Morgan fingerprint density at radius 3 is 2.95 bits per heavy atom. The molecule has 0 bridgehead atoms. The van der Waals surface area contributed by atoms with E-state index in [0.29, 0.717) is 12.4 Å². The number of methoxy groups -OCH3 is 1. The fourth-order valence-electron chi connectivity index (χ4n) is 2.42. The van der Waals surface area contributed by atoms with Crippen LogP contribution in [0.2, 0.25) is 0 Å². The second-order valence-electron chi connectivity index (χ2n) is 5.32. The molecule has 3 atom stereocenters. The van der Waals surface area contributed by atoms with Crippen LogP contribution in [0, 0.1) is 0 Å². The molecule has 0 radical (unpaired) electrons. The monoisotopic (exact) mass is 331 g/mol. The van der Waals surface area contributed by atoms with Gasteiger partial charge in [0, 0.05) is 20.2 Å². The number of likely N-dealkylation sites (N-methyl/N-ethyl adjacent to an activating group) is 1. The van der Waals surface area contributed by atoms with Gasteiger partial charge in [0.25, 0.3) is 10.2 Å². The van der Waals surface area contributed by atoms with E-state index in [1.165, 1.54) is 20.4 Å². The molecule has 0 aromatic carbocycles. The van der Waals surface area contributed by atoms with Crippen molar-refractivity contribution in [3.8, 4) is 0 Å². The lowest BCUT2D eigenvalue weighted by atomic mass is 10.0. The van der Waals surface area contributed by atoms with Crippen LogP contribution >= 0.6 is 0 Å². The van der Waals surface area contributed by atoms with Gasteiger partial charge in [-0.3, -0.25) is 4.79 Å². The molecular formula is C13H21N3O5S. The van der Waals surface area contributed by atoms with Gasteiger partial charge >= 0.3 is 0 Å². The van der Waals surface area contributed by atoms with Crippen molar-refractivity contribution in [2.45, 2.75) is 31.5 Å².